The van der Waals surface area contributed by atoms with Gasteiger partial charge in [0.1, 0.15) is 5.75 Å². The fourth-order valence-corrected chi connectivity index (χ4v) is 4.30. The van der Waals surface area contributed by atoms with Crippen LogP contribution in [0.15, 0.2) is 42.5 Å². The molecule has 2 heterocycles. The number of hydrogen-bond donors (Lipinski definition) is 1. The molecule has 6 nitrogen and oxygen atoms in total. The van der Waals surface area contributed by atoms with Gasteiger partial charge in [0.25, 0.3) is 5.69 Å². The third-order valence-electron chi connectivity index (χ3n) is 5.48. The number of nitro benzene ring substituents is 1. The third-order valence-corrected chi connectivity index (χ3v) is 5.78. The van der Waals surface area contributed by atoms with Gasteiger partial charge in [0.2, 0.25) is 0 Å². The van der Waals surface area contributed by atoms with Crippen LogP contribution in [0.25, 0.3) is 0 Å². The summed E-state index contributed by atoms with van der Waals surface area (Å²) in [5.74, 6) is 0.665. The average Bonchev–Trinajstić information content (AvgIpc) is 2.59. The summed E-state index contributed by atoms with van der Waals surface area (Å²) < 4.78 is 6.41. The van der Waals surface area contributed by atoms with Crippen LogP contribution in [0.2, 0.25) is 0 Å². The summed E-state index contributed by atoms with van der Waals surface area (Å²) >= 11 is 5.66. The van der Waals surface area contributed by atoms with E-state index < -0.39 is 5.72 Å². The minimum atomic E-state index is -0.692. The maximum atomic E-state index is 11.2. The van der Waals surface area contributed by atoms with Crippen molar-refractivity contribution >= 4 is 28.7 Å². The van der Waals surface area contributed by atoms with Gasteiger partial charge in [-0.2, -0.15) is 0 Å². The first-order valence-corrected chi connectivity index (χ1v) is 8.87. The van der Waals surface area contributed by atoms with Gasteiger partial charge < -0.3 is 10.1 Å². The zero-order valence-corrected chi connectivity index (χ0v) is 15.5. The van der Waals surface area contributed by atoms with Crippen molar-refractivity contribution in [2.24, 2.45) is 5.92 Å². The average molecular weight is 369 g/mol. The lowest BCUT2D eigenvalue weighted by molar-refractivity contribution is -0.385. The Morgan fingerprint density at radius 3 is 2.73 bits per heavy atom. The highest BCUT2D eigenvalue weighted by Crippen LogP contribution is 2.50. The Morgan fingerprint density at radius 2 is 2.04 bits per heavy atom. The van der Waals surface area contributed by atoms with Crippen LogP contribution < -0.4 is 15.0 Å². The van der Waals surface area contributed by atoms with Gasteiger partial charge in [-0.05, 0) is 43.8 Å². The number of benzene rings is 2. The Hall–Kier alpha value is -2.67. The zero-order valence-electron chi connectivity index (χ0n) is 14.7. The monoisotopic (exact) mass is 369 g/mol. The zero-order chi connectivity index (χ0) is 18.6. The first-order chi connectivity index (χ1) is 12.3. The van der Waals surface area contributed by atoms with Gasteiger partial charge in [0, 0.05) is 29.3 Å². The van der Waals surface area contributed by atoms with Crippen molar-refractivity contribution in [1.29, 1.82) is 0 Å². The van der Waals surface area contributed by atoms with Crippen molar-refractivity contribution in [2.75, 3.05) is 4.90 Å². The molecule has 0 aliphatic carbocycles. The molecule has 0 radical (unpaired) electrons. The molecule has 2 aromatic carbocycles. The number of thiocarbonyl (C=S) groups is 1. The lowest BCUT2D eigenvalue weighted by Gasteiger charge is -2.56. The van der Waals surface area contributed by atoms with Crippen LogP contribution in [0.1, 0.15) is 31.0 Å². The third kappa shape index (κ3) is 2.27. The quantitative estimate of drug-likeness (QED) is 0.489. The van der Waals surface area contributed by atoms with Gasteiger partial charge in [-0.25, -0.2) is 0 Å². The first-order valence-electron chi connectivity index (χ1n) is 8.46. The summed E-state index contributed by atoms with van der Waals surface area (Å²) in [5.41, 5.74) is 2.22. The number of non-ortho nitro benzene ring substituents is 1. The molecule has 134 valence electrons. The topological polar surface area (TPSA) is 67.6 Å². The van der Waals surface area contributed by atoms with E-state index in [2.05, 4.69) is 12.2 Å². The molecule has 0 spiro atoms. The molecule has 2 bridgehead atoms. The molecule has 2 aliphatic rings. The normalized spacial score (nSPS) is 26.6. The number of fused-ring (bicyclic) bond motifs is 4. The SMILES string of the molecule is Cc1ccccc1N1C(=S)N[C@@H]2c3cc([N+](=O)[O-])ccc3O[C@@]1(C)[C@H]2C. The number of nitro groups is 1. The van der Waals surface area contributed by atoms with E-state index in [1.807, 2.05) is 43.0 Å². The molecule has 4 rings (SSSR count). The van der Waals surface area contributed by atoms with Gasteiger partial charge in [-0.3, -0.25) is 15.0 Å². The highest BCUT2D eigenvalue weighted by atomic mass is 32.1. The fraction of sp³-hybridized carbons (Fsp3) is 0.316. The van der Waals surface area contributed by atoms with Crippen LogP contribution in [0.5, 0.6) is 5.75 Å². The maximum Gasteiger partial charge on any atom is 0.270 e. The van der Waals surface area contributed by atoms with Gasteiger partial charge >= 0.3 is 0 Å². The second-order valence-corrected chi connectivity index (χ2v) is 7.36. The number of aryl methyl sites for hydroxylation is 1. The molecule has 2 aromatic rings. The molecule has 2 aliphatic heterocycles. The minimum Gasteiger partial charge on any atom is -0.467 e. The Bertz CT molecular complexity index is 932. The first kappa shape index (κ1) is 16.8. The lowest BCUT2D eigenvalue weighted by atomic mass is 9.80. The molecular formula is C19H19N3O3S. The second-order valence-electron chi connectivity index (χ2n) is 6.97. The molecular weight excluding hydrogens is 350 g/mol. The highest BCUT2D eigenvalue weighted by molar-refractivity contribution is 7.80. The number of para-hydroxylation sites is 1. The van der Waals surface area contributed by atoms with E-state index in [1.165, 1.54) is 6.07 Å². The number of nitrogens with one attached hydrogen (secondary N) is 1. The van der Waals surface area contributed by atoms with Crippen LogP contribution in [0.4, 0.5) is 11.4 Å². The van der Waals surface area contributed by atoms with Gasteiger partial charge in [0.05, 0.1) is 11.0 Å². The van der Waals surface area contributed by atoms with Gasteiger partial charge in [0.15, 0.2) is 10.8 Å². The Balaban J connectivity index is 1.86. The molecule has 1 N–H and O–H groups in total. The van der Waals surface area contributed by atoms with Crippen LogP contribution in [-0.4, -0.2) is 15.8 Å². The van der Waals surface area contributed by atoms with Crippen LogP contribution >= 0.6 is 12.2 Å². The van der Waals surface area contributed by atoms with Crippen LogP contribution in [-0.2, 0) is 0 Å². The number of anilines is 1. The van der Waals surface area contributed by atoms with Crippen LogP contribution in [0, 0.1) is 23.0 Å². The van der Waals surface area contributed by atoms with Gasteiger partial charge in [-0.15, -0.1) is 0 Å². The second kappa shape index (κ2) is 5.67. The summed E-state index contributed by atoms with van der Waals surface area (Å²) in [6.45, 7) is 6.14. The molecule has 0 aromatic heterocycles. The Labute approximate surface area is 156 Å². The highest BCUT2D eigenvalue weighted by Gasteiger charge is 2.54. The summed E-state index contributed by atoms with van der Waals surface area (Å²) in [6, 6.07) is 12.6. The summed E-state index contributed by atoms with van der Waals surface area (Å²) in [4.78, 5) is 12.8. The van der Waals surface area contributed by atoms with E-state index in [9.17, 15) is 10.1 Å². The van der Waals surface area contributed by atoms with E-state index in [-0.39, 0.29) is 22.6 Å². The minimum absolute atomic E-state index is 0.0170. The smallest absolute Gasteiger partial charge is 0.270 e. The van der Waals surface area contributed by atoms with E-state index in [0.29, 0.717) is 10.9 Å². The standard InChI is InChI=1S/C19H19N3O3S/c1-11-6-4-5-7-15(11)21-18(26)20-17-12(2)19(21,3)25-16-9-8-13(22(23)24)10-14(16)17/h4-10,12,17H,1-3H3,(H,20,26)/t12-,17-,19-/m0/s1. The Kier molecular flexibility index (Phi) is 3.66. The van der Waals surface area contributed by atoms with Crippen molar-refractivity contribution in [1.82, 2.24) is 5.32 Å². The maximum absolute atomic E-state index is 11.2. The van der Waals surface area contributed by atoms with Gasteiger partial charge in [-0.1, -0.05) is 25.1 Å². The van der Waals surface area contributed by atoms with Crippen molar-refractivity contribution in [3.05, 3.63) is 63.7 Å². The largest absolute Gasteiger partial charge is 0.467 e. The van der Waals surface area contributed by atoms with Crippen molar-refractivity contribution in [3.63, 3.8) is 0 Å². The van der Waals surface area contributed by atoms with Crippen LogP contribution in [0.3, 0.4) is 0 Å². The molecule has 3 atom stereocenters. The van der Waals surface area contributed by atoms with E-state index in [4.69, 9.17) is 17.0 Å². The molecule has 1 saturated heterocycles. The molecule has 0 unspecified atom stereocenters. The van der Waals surface area contributed by atoms with Crippen molar-refractivity contribution < 1.29 is 9.66 Å². The number of hydrogen-bond acceptors (Lipinski definition) is 4. The van der Waals surface area contributed by atoms with E-state index in [1.54, 1.807) is 12.1 Å². The Morgan fingerprint density at radius 1 is 1.31 bits per heavy atom. The predicted molar refractivity (Wildman–Crippen MR) is 103 cm³/mol. The summed E-state index contributed by atoms with van der Waals surface area (Å²) in [6.07, 6.45) is 0. The molecule has 1 fully saturated rings. The van der Waals surface area contributed by atoms with Crippen molar-refractivity contribution in [3.8, 4) is 5.75 Å². The molecule has 26 heavy (non-hydrogen) atoms. The lowest BCUT2D eigenvalue weighted by Crippen LogP contribution is -2.69. The van der Waals surface area contributed by atoms with Crippen molar-refractivity contribution in [2.45, 2.75) is 32.5 Å². The van der Waals surface area contributed by atoms with E-state index >= 15 is 0 Å². The number of ether oxygens (including phenoxy) is 1. The molecule has 0 amide bonds. The molecule has 7 heteroatoms. The predicted octanol–water partition coefficient (Wildman–Crippen LogP) is 4.08. The molecule has 0 saturated carbocycles. The number of rotatable bonds is 2. The fourth-order valence-electron chi connectivity index (χ4n) is 3.89. The number of nitrogens with zero attached hydrogens (tertiary/aromatic N) is 2. The summed E-state index contributed by atoms with van der Waals surface area (Å²) in [5, 5.41) is 15.1. The van der Waals surface area contributed by atoms with E-state index in [0.717, 1.165) is 16.8 Å². The summed E-state index contributed by atoms with van der Waals surface area (Å²) in [7, 11) is 0.